The van der Waals surface area contributed by atoms with E-state index < -0.39 is 0 Å². The number of hydrogen-bond acceptors (Lipinski definition) is 2. The van der Waals surface area contributed by atoms with Crippen molar-refractivity contribution < 1.29 is 9.18 Å². The molecule has 0 spiro atoms. The van der Waals surface area contributed by atoms with Crippen molar-refractivity contribution in [2.45, 2.75) is 9.79 Å². The average molecular weight is 343 g/mol. The molecular weight excluding hydrogens is 331 g/mol. The summed E-state index contributed by atoms with van der Waals surface area (Å²) in [5.74, 6) is -0.338. The molecule has 0 aliphatic heterocycles. The molecule has 3 aromatic carbocycles. The molecule has 114 valence electrons. The first-order valence-electron chi connectivity index (χ1n) is 6.96. The predicted octanol–water partition coefficient (Wildman–Crippen LogP) is 5.86. The van der Waals surface area contributed by atoms with Gasteiger partial charge in [0.1, 0.15) is 5.82 Å². The van der Waals surface area contributed by atoms with Crippen molar-refractivity contribution in [3.05, 3.63) is 94.8 Å². The Hall–Kier alpha value is -2.10. The monoisotopic (exact) mass is 342 g/mol. The molecule has 0 saturated carbocycles. The minimum atomic E-state index is -0.274. The van der Waals surface area contributed by atoms with Crippen molar-refractivity contribution in [1.29, 1.82) is 0 Å². The number of carbonyl (C=O) groups is 1. The summed E-state index contributed by atoms with van der Waals surface area (Å²) in [6.07, 6.45) is 0. The van der Waals surface area contributed by atoms with Gasteiger partial charge in [-0.1, -0.05) is 53.7 Å². The molecule has 1 nitrogen and oxygen atoms in total. The smallest absolute Gasteiger partial charge is 0.193 e. The maximum Gasteiger partial charge on any atom is 0.193 e. The number of halogens is 2. The molecule has 3 rings (SSSR count). The molecule has 0 aliphatic rings. The Morgan fingerprint density at radius 3 is 2.22 bits per heavy atom. The average Bonchev–Trinajstić information content (AvgIpc) is 2.59. The number of carbonyl (C=O) groups excluding carboxylic acids is 1. The van der Waals surface area contributed by atoms with Gasteiger partial charge < -0.3 is 0 Å². The standard InChI is InChI=1S/C19H12ClFOS/c20-17-12-14(19(22)13-4-2-1-3-5-13)6-11-18(17)23-16-9-7-15(21)8-10-16/h1-12H. The summed E-state index contributed by atoms with van der Waals surface area (Å²) in [5.41, 5.74) is 1.17. The van der Waals surface area contributed by atoms with Gasteiger partial charge in [0.2, 0.25) is 0 Å². The van der Waals surface area contributed by atoms with Gasteiger partial charge in [0.25, 0.3) is 0 Å². The third-order valence-electron chi connectivity index (χ3n) is 3.27. The molecule has 0 atom stereocenters. The first-order valence-corrected chi connectivity index (χ1v) is 8.15. The Bertz CT molecular complexity index is 832. The highest BCUT2D eigenvalue weighted by molar-refractivity contribution is 7.99. The first-order chi connectivity index (χ1) is 11.1. The van der Waals surface area contributed by atoms with Crippen LogP contribution in [0.25, 0.3) is 0 Å². The van der Waals surface area contributed by atoms with Gasteiger partial charge in [-0.3, -0.25) is 4.79 Å². The molecule has 0 fully saturated rings. The van der Waals surface area contributed by atoms with Gasteiger partial charge in [-0.2, -0.15) is 0 Å². The highest BCUT2D eigenvalue weighted by Crippen LogP contribution is 2.34. The zero-order chi connectivity index (χ0) is 16.2. The number of ketones is 1. The number of hydrogen-bond donors (Lipinski definition) is 0. The maximum absolute atomic E-state index is 12.9. The largest absolute Gasteiger partial charge is 0.289 e. The molecule has 0 heterocycles. The van der Waals surface area contributed by atoms with Gasteiger partial charge in [-0.05, 0) is 42.5 Å². The zero-order valence-corrected chi connectivity index (χ0v) is 13.6. The minimum Gasteiger partial charge on any atom is -0.289 e. The van der Waals surface area contributed by atoms with Crippen LogP contribution in [-0.2, 0) is 0 Å². The molecule has 0 bridgehead atoms. The van der Waals surface area contributed by atoms with E-state index in [4.69, 9.17) is 11.6 Å². The van der Waals surface area contributed by atoms with Crippen LogP contribution in [0.3, 0.4) is 0 Å². The Kier molecular flexibility index (Phi) is 4.79. The fourth-order valence-corrected chi connectivity index (χ4v) is 3.23. The molecule has 0 aliphatic carbocycles. The summed E-state index contributed by atoms with van der Waals surface area (Å²) in [4.78, 5) is 14.1. The van der Waals surface area contributed by atoms with Crippen LogP contribution >= 0.6 is 23.4 Å². The lowest BCUT2D eigenvalue weighted by Crippen LogP contribution is -2.00. The lowest BCUT2D eigenvalue weighted by atomic mass is 10.0. The lowest BCUT2D eigenvalue weighted by molar-refractivity contribution is 0.103. The predicted molar refractivity (Wildman–Crippen MR) is 91.8 cm³/mol. The van der Waals surface area contributed by atoms with Crippen LogP contribution in [0.1, 0.15) is 15.9 Å². The van der Waals surface area contributed by atoms with Crippen molar-refractivity contribution in [3.8, 4) is 0 Å². The molecule has 0 amide bonds. The van der Waals surface area contributed by atoms with E-state index in [1.54, 1.807) is 36.4 Å². The lowest BCUT2D eigenvalue weighted by Gasteiger charge is -2.07. The summed E-state index contributed by atoms with van der Waals surface area (Å²) in [6.45, 7) is 0. The van der Waals surface area contributed by atoms with E-state index in [1.165, 1.54) is 23.9 Å². The van der Waals surface area contributed by atoms with Crippen LogP contribution in [0.5, 0.6) is 0 Å². The second-order valence-corrected chi connectivity index (χ2v) is 6.42. The zero-order valence-electron chi connectivity index (χ0n) is 12.0. The van der Waals surface area contributed by atoms with Gasteiger partial charge >= 0.3 is 0 Å². The first kappa shape index (κ1) is 15.8. The molecule has 0 N–H and O–H groups in total. The van der Waals surface area contributed by atoms with Crippen LogP contribution in [0.4, 0.5) is 4.39 Å². The second kappa shape index (κ2) is 6.99. The van der Waals surface area contributed by atoms with Gasteiger partial charge in [-0.15, -0.1) is 0 Å². The van der Waals surface area contributed by atoms with E-state index in [1.807, 2.05) is 24.3 Å². The van der Waals surface area contributed by atoms with E-state index >= 15 is 0 Å². The topological polar surface area (TPSA) is 17.1 Å². The maximum atomic E-state index is 12.9. The van der Waals surface area contributed by atoms with Crippen molar-refractivity contribution in [3.63, 3.8) is 0 Å². The Balaban J connectivity index is 1.83. The van der Waals surface area contributed by atoms with Crippen molar-refractivity contribution in [1.82, 2.24) is 0 Å². The number of rotatable bonds is 4. The van der Waals surface area contributed by atoms with Crippen LogP contribution in [0, 0.1) is 5.82 Å². The Morgan fingerprint density at radius 2 is 1.57 bits per heavy atom. The summed E-state index contributed by atoms with van der Waals surface area (Å²) in [5, 5.41) is 0.501. The van der Waals surface area contributed by atoms with Gasteiger partial charge in [-0.25, -0.2) is 4.39 Å². The van der Waals surface area contributed by atoms with E-state index in [0.29, 0.717) is 16.1 Å². The summed E-state index contributed by atoms with van der Waals surface area (Å²) < 4.78 is 12.9. The molecule has 0 radical (unpaired) electrons. The normalized spacial score (nSPS) is 10.5. The number of benzene rings is 3. The molecule has 0 unspecified atom stereocenters. The molecule has 0 aromatic heterocycles. The molecular formula is C19H12ClFOS. The van der Waals surface area contributed by atoms with Crippen molar-refractivity contribution in [2.24, 2.45) is 0 Å². The molecule has 0 saturated heterocycles. The van der Waals surface area contributed by atoms with E-state index in [2.05, 4.69) is 0 Å². The third-order valence-corrected chi connectivity index (χ3v) is 4.78. The highest BCUT2D eigenvalue weighted by Gasteiger charge is 2.11. The minimum absolute atomic E-state index is 0.0640. The molecule has 23 heavy (non-hydrogen) atoms. The molecule has 3 aromatic rings. The van der Waals surface area contributed by atoms with Crippen LogP contribution in [0.2, 0.25) is 5.02 Å². The molecule has 4 heteroatoms. The van der Waals surface area contributed by atoms with Gasteiger partial charge in [0, 0.05) is 20.9 Å². The van der Waals surface area contributed by atoms with Gasteiger partial charge in [0.05, 0.1) is 5.02 Å². The fourth-order valence-electron chi connectivity index (χ4n) is 2.11. The SMILES string of the molecule is O=C(c1ccccc1)c1ccc(Sc2ccc(F)cc2)c(Cl)c1. The summed E-state index contributed by atoms with van der Waals surface area (Å²) in [7, 11) is 0. The van der Waals surface area contributed by atoms with Crippen molar-refractivity contribution in [2.75, 3.05) is 0 Å². The Morgan fingerprint density at radius 1 is 0.870 bits per heavy atom. The summed E-state index contributed by atoms with van der Waals surface area (Å²) in [6, 6.07) is 20.5. The van der Waals surface area contributed by atoms with E-state index in [0.717, 1.165) is 9.79 Å². The van der Waals surface area contributed by atoms with E-state index in [-0.39, 0.29) is 11.6 Å². The fraction of sp³-hybridized carbons (Fsp3) is 0. The Labute approximate surface area is 143 Å². The summed E-state index contributed by atoms with van der Waals surface area (Å²) >= 11 is 7.72. The van der Waals surface area contributed by atoms with Crippen LogP contribution in [0.15, 0.2) is 82.6 Å². The van der Waals surface area contributed by atoms with Crippen molar-refractivity contribution >= 4 is 29.1 Å². The van der Waals surface area contributed by atoms with Crippen LogP contribution in [-0.4, -0.2) is 5.78 Å². The second-order valence-electron chi connectivity index (χ2n) is 4.90. The third kappa shape index (κ3) is 3.81. The van der Waals surface area contributed by atoms with Gasteiger partial charge in [0.15, 0.2) is 5.78 Å². The quantitative estimate of drug-likeness (QED) is 0.552. The highest BCUT2D eigenvalue weighted by atomic mass is 35.5. The van der Waals surface area contributed by atoms with Crippen LogP contribution < -0.4 is 0 Å². The van der Waals surface area contributed by atoms with E-state index in [9.17, 15) is 9.18 Å².